The largest absolute Gasteiger partial charge is 0.497 e. The summed E-state index contributed by atoms with van der Waals surface area (Å²) in [7, 11) is 3.03. The van der Waals surface area contributed by atoms with E-state index in [1.54, 1.807) is 25.4 Å². The lowest BCUT2D eigenvalue weighted by atomic mass is 10.2. The van der Waals surface area contributed by atoms with E-state index in [4.69, 9.17) is 14.2 Å². The normalized spacial score (nSPS) is 11.4. The van der Waals surface area contributed by atoms with Gasteiger partial charge in [0, 0.05) is 6.54 Å². The van der Waals surface area contributed by atoms with Crippen molar-refractivity contribution in [1.29, 1.82) is 0 Å². The summed E-state index contributed by atoms with van der Waals surface area (Å²) in [6, 6.07) is 16.6. The molecule has 30 heavy (non-hydrogen) atoms. The number of esters is 1. The van der Waals surface area contributed by atoms with Crippen LogP contribution in [0.1, 0.15) is 23.0 Å². The lowest BCUT2D eigenvalue weighted by molar-refractivity contribution is -0.129. The zero-order valence-corrected chi connectivity index (χ0v) is 17.0. The molecule has 8 nitrogen and oxygen atoms in total. The summed E-state index contributed by atoms with van der Waals surface area (Å²) < 4.78 is 17.2. The average molecular weight is 409 g/mol. The highest BCUT2D eigenvalue weighted by Crippen LogP contribution is 2.21. The second-order valence-corrected chi connectivity index (χ2v) is 6.44. The molecule has 3 aromatic rings. The van der Waals surface area contributed by atoms with Gasteiger partial charge >= 0.3 is 5.97 Å². The predicted octanol–water partition coefficient (Wildman–Crippen LogP) is 2.75. The van der Waals surface area contributed by atoms with Crippen molar-refractivity contribution in [2.75, 3.05) is 14.2 Å². The van der Waals surface area contributed by atoms with Gasteiger partial charge in [0.2, 0.25) is 5.69 Å². The highest BCUT2D eigenvalue weighted by molar-refractivity contribution is 5.92. The zero-order valence-electron chi connectivity index (χ0n) is 17.0. The van der Waals surface area contributed by atoms with Gasteiger partial charge in [0.05, 0.1) is 26.1 Å². The van der Waals surface area contributed by atoms with Crippen LogP contribution in [-0.4, -0.2) is 42.0 Å². The van der Waals surface area contributed by atoms with Crippen LogP contribution in [0.4, 0.5) is 0 Å². The first-order valence-corrected chi connectivity index (χ1v) is 9.32. The molecule has 0 radical (unpaired) electrons. The number of methoxy groups -OCH3 is 2. The standard InChI is InChI=1S/C22H23N3O5/c1-15(21(26)23-13-16-9-11-18(28-2)12-10-16)30-22(27)20-19(29-3)14-25(24-20)17-7-5-4-6-8-17/h4-12,14-15H,13H2,1-3H3,(H,23,26)/t15-/m1/s1. The first-order chi connectivity index (χ1) is 14.5. The Morgan fingerprint density at radius 2 is 1.73 bits per heavy atom. The van der Waals surface area contributed by atoms with Gasteiger partial charge in [0.15, 0.2) is 11.9 Å². The van der Waals surface area contributed by atoms with Crippen LogP contribution < -0.4 is 14.8 Å². The Bertz CT molecular complexity index is 999. The van der Waals surface area contributed by atoms with Crippen molar-refractivity contribution in [3.05, 3.63) is 72.1 Å². The van der Waals surface area contributed by atoms with Crippen LogP contribution in [0.5, 0.6) is 11.5 Å². The summed E-state index contributed by atoms with van der Waals surface area (Å²) in [5.74, 6) is -0.166. The fraction of sp³-hybridized carbons (Fsp3) is 0.227. The number of carbonyl (C=O) groups is 2. The lowest BCUT2D eigenvalue weighted by Gasteiger charge is -2.13. The van der Waals surface area contributed by atoms with Crippen molar-refractivity contribution in [3.8, 4) is 17.2 Å². The molecule has 1 atom stereocenters. The van der Waals surface area contributed by atoms with E-state index < -0.39 is 18.0 Å². The molecule has 3 rings (SSSR count). The van der Waals surface area contributed by atoms with E-state index in [2.05, 4.69) is 10.4 Å². The molecular formula is C22H23N3O5. The van der Waals surface area contributed by atoms with Gasteiger partial charge in [-0.25, -0.2) is 9.48 Å². The van der Waals surface area contributed by atoms with Gasteiger partial charge in [-0.05, 0) is 36.8 Å². The number of aromatic nitrogens is 2. The number of hydrogen-bond acceptors (Lipinski definition) is 6. The summed E-state index contributed by atoms with van der Waals surface area (Å²) in [6.45, 7) is 1.80. The molecule has 8 heteroatoms. The van der Waals surface area contributed by atoms with E-state index in [-0.39, 0.29) is 11.4 Å². The van der Waals surface area contributed by atoms with Crippen molar-refractivity contribution in [3.63, 3.8) is 0 Å². The third kappa shape index (κ3) is 4.96. The second kappa shape index (κ2) is 9.60. The number of rotatable bonds is 8. The Kier molecular flexibility index (Phi) is 6.69. The molecule has 0 aliphatic heterocycles. The van der Waals surface area contributed by atoms with Crippen LogP contribution in [0.2, 0.25) is 0 Å². The predicted molar refractivity (Wildman–Crippen MR) is 110 cm³/mol. The van der Waals surface area contributed by atoms with Gasteiger partial charge in [-0.1, -0.05) is 30.3 Å². The van der Waals surface area contributed by atoms with Gasteiger partial charge in [-0.15, -0.1) is 0 Å². The van der Waals surface area contributed by atoms with Crippen LogP contribution in [0.3, 0.4) is 0 Å². The molecule has 0 spiro atoms. The van der Waals surface area contributed by atoms with Crippen LogP contribution in [0.25, 0.3) is 5.69 Å². The third-order valence-corrected chi connectivity index (χ3v) is 4.39. The molecule has 0 fully saturated rings. The Labute approximate surface area is 174 Å². The highest BCUT2D eigenvalue weighted by atomic mass is 16.6. The Morgan fingerprint density at radius 3 is 2.37 bits per heavy atom. The van der Waals surface area contributed by atoms with Gasteiger partial charge in [0.1, 0.15) is 5.75 Å². The van der Waals surface area contributed by atoms with Gasteiger partial charge < -0.3 is 19.5 Å². The molecule has 1 aromatic heterocycles. The molecular weight excluding hydrogens is 386 g/mol. The summed E-state index contributed by atoms with van der Waals surface area (Å²) in [5.41, 5.74) is 1.65. The highest BCUT2D eigenvalue weighted by Gasteiger charge is 2.24. The van der Waals surface area contributed by atoms with E-state index in [1.165, 1.54) is 18.7 Å². The van der Waals surface area contributed by atoms with Crippen molar-refractivity contribution in [2.45, 2.75) is 19.6 Å². The van der Waals surface area contributed by atoms with E-state index >= 15 is 0 Å². The third-order valence-electron chi connectivity index (χ3n) is 4.39. The van der Waals surface area contributed by atoms with Gasteiger partial charge in [-0.3, -0.25) is 4.79 Å². The molecule has 1 N–H and O–H groups in total. The quantitative estimate of drug-likeness (QED) is 0.575. The smallest absolute Gasteiger partial charge is 0.363 e. The monoisotopic (exact) mass is 409 g/mol. The maximum absolute atomic E-state index is 12.6. The minimum Gasteiger partial charge on any atom is -0.497 e. The fourth-order valence-electron chi connectivity index (χ4n) is 2.71. The van der Waals surface area contributed by atoms with Crippen molar-refractivity contribution >= 4 is 11.9 Å². The number of hydrogen-bond donors (Lipinski definition) is 1. The summed E-state index contributed by atoms with van der Waals surface area (Å²) in [5, 5.41) is 6.99. The number of carbonyl (C=O) groups excluding carboxylic acids is 2. The zero-order chi connectivity index (χ0) is 21.5. The summed E-state index contributed by atoms with van der Waals surface area (Å²) in [6.07, 6.45) is 0.586. The Balaban J connectivity index is 1.61. The minimum atomic E-state index is -0.998. The molecule has 1 amide bonds. The lowest BCUT2D eigenvalue weighted by Crippen LogP contribution is -2.35. The van der Waals surface area contributed by atoms with E-state index in [0.29, 0.717) is 6.54 Å². The molecule has 0 bridgehead atoms. The van der Waals surface area contributed by atoms with Crippen molar-refractivity contribution in [1.82, 2.24) is 15.1 Å². The van der Waals surface area contributed by atoms with E-state index in [9.17, 15) is 9.59 Å². The van der Waals surface area contributed by atoms with Crippen LogP contribution in [0.15, 0.2) is 60.8 Å². The molecule has 0 saturated carbocycles. The molecule has 1 heterocycles. The number of nitrogens with zero attached hydrogens (tertiary/aromatic N) is 2. The minimum absolute atomic E-state index is 0.00356. The average Bonchev–Trinajstić information content (AvgIpc) is 3.23. The van der Waals surface area contributed by atoms with Crippen molar-refractivity contribution < 1.29 is 23.8 Å². The van der Waals surface area contributed by atoms with Crippen LogP contribution >= 0.6 is 0 Å². The number of nitrogens with one attached hydrogen (secondary N) is 1. The number of ether oxygens (including phenoxy) is 3. The maximum Gasteiger partial charge on any atom is 0.363 e. The van der Waals surface area contributed by atoms with Crippen LogP contribution in [0, 0.1) is 0 Å². The topological polar surface area (TPSA) is 91.7 Å². The SMILES string of the molecule is COc1ccc(CNC(=O)[C@@H](C)OC(=O)c2nn(-c3ccccc3)cc2OC)cc1. The Hall–Kier alpha value is -3.81. The number of benzene rings is 2. The number of para-hydroxylation sites is 1. The summed E-state index contributed by atoms with van der Waals surface area (Å²) >= 11 is 0. The van der Waals surface area contributed by atoms with Gasteiger partial charge in [-0.2, -0.15) is 5.10 Å². The van der Waals surface area contributed by atoms with E-state index in [1.807, 2.05) is 42.5 Å². The first kappa shape index (κ1) is 20.9. The maximum atomic E-state index is 12.6. The molecule has 2 aromatic carbocycles. The number of amides is 1. The molecule has 156 valence electrons. The molecule has 0 unspecified atom stereocenters. The summed E-state index contributed by atoms with van der Waals surface area (Å²) in [4.78, 5) is 24.9. The van der Waals surface area contributed by atoms with Gasteiger partial charge in [0.25, 0.3) is 5.91 Å². The van der Waals surface area contributed by atoms with E-state index in [0.717, 1.165) is 17.0 Å². The molecule has 0 saturated heterocycles. The fourth-order valence-corrected chi connectivity index (χ4v) is 2.71. The molecule has 0 aliphatic rings. The first-order valence-electron chi connectivity index (χ1n) is 9.32. The second-order valence-electron chi connectivity index (χ2n) is 6.44. The Morgan fingerprint density at radius 1 is 1.03 bits per heavy atom. The van der Waals surface area contributed by atoms with Crippen LogP contribution in [-0.2, 0) is 16.1 Å². The molecule has 0 aliphatic carbocycles. The van der Waals surface area contributed by atoms with Crippen molar-refractivity contribution in [2.24, 2.45) is 0 Å².